The molecule has 0 aliphatic carbocycles. The number of aromatic amines is 1. The summed E-state index contributed by atoms with van der Waals surface area (Å²) in [5.41, 5.74) is 2.09. The van der Waals surface area contributed by atoms with Crippen LogP contribution in [0.25, 0.3) is 10.9 Å². The van der Waals surface area contributed by atoms with Crippen LogP contribution in [0, 0.1) is 0 Å². The van der Waals surface area contributed by atoms with E-state index in [2.05, 4.69) is 45.6 Å². The Kier molecular flexibility index (Phi) is 5.20. The number of fused-ring (bicyclic) bond motifs is 1. The molecular formula is C20H27N7. The molecule has 0 spiro atoms. The number of hydrogen-bond acceptors (Lipinski definition) is 6. The standard InChI is InChI=1S/C20H27N7/c1-3-4-7-15-12-18(26-25-15)23-19-16-8-5-6-9-17(16)22-20(24-19)27-11-10-21-13-14(27)2/h5-6,8-9,12,14,21H,3-4,7,10-11,13H2,1-2H3,(H2,22,23,24,25,26)/t14-/m1/s1. The van der Waals surface area contributed by atoms with Gasteiger partial charge in [-0.15, -0.1) is 0 Å². The first kappa shape index (κ1) is 17.7. The van der Waals surface area contributed by atoms with E-state index in [4.69, 9.17) is 9.97 Å². The van der Waals surface area contributed by atoms with Crippen molar-refractivity contribution in [2.75, 3.05) is 29.9 Å². The zero-order valence-corrected chi connectivity index (χ0v) is 16.0. The molecule has 27 heavy (non-hydrogen) atoms. The van der Waals surface area contributed by atoms with Crippen molar-refractivity contribution in [1.29, 1.82) is 0 Å². The molecule has 0 amide bonds. The summed E-state index contributed by atoms with van der Waals surface area (Å²) in [5, 5.41) is 15.4. The number of nitrogens with zero attached hydrogens (tertiary/aromatic N) is 4. The normalized spacial score (nSPS) is 17.4. The van der Waals surface area contributed by atoms with Gasteiger partial charge in [0.25, 0.3) is 0 Å². The Bertz CT molecular complexity index is 904. The summed E-state index contributed by atoms with van der Waals surface area (Å²) in [7, 11) is 0. The van der Waals surface area contributed by atoms with E-state index in [1.165, 1.54) is 6.42 Å². The van der Waals surface area contributed by atoms with Gasteiger partial charge in [-0.2, -0.15) is 10.1 Å². The molecule has 1 atom stereocenters. The predicted molar refractivity (Wildman–Crippen MR) is 110 cm³/mol. The number of nitrogens with one attached hydrogen (secondary N) is 3. The van der Waals surface area contributed by atoms with Crippen LogP contribution in [-0.2, 0) is 6.42 Å². The van der Waals surface area contributed by atoms with Gasteiger partial charge < -0.3 is 15.5 Å². The van der Waals surface area contributed by atoms with E-state index in [1.807, 2.05) is 24.3 Å². The number of unbranched alkanes of at least 4 members (excludes halogenated alkanes) is 1. The SMILES string of the molecule is CCCCc1cc(Nc2nc(N3CCNC[C@H]3C)nc3ccccc23)n[nH]1. The minimum Gasteiger partial charge on any atom is -0.335 e. The van der Waals surface area contributed by atoms with Crippen molar-refractivity contribution < 1.29 is 0 Å². The Morgan fingerprint density at radius 3 is 3.00 bits per heavy atom. The van der Waals surface area contributed by atoms with Gasteiger partial charge in [0, 0.05) is 42.8 Å². The maximum atomic E-state index is 4.86. The van der Waals surface area contributed by atoms with Crippen LogP contribution >= 0.6 is 0 Å². The molecule has 1 aliphatic rings. The molecule has 1 fully saturated rings. The van der Waals surface area contributed by atoms with Crippen LogP contribution in [0.2, 0.25) is 0 Å². The molecule has 142 valence electrons. The smallest absolute Gasteiger partial charge is 0.228 e. The van der Waals surface area contributed by atoms with Crippen molar-refractivity contribution in [2.45, 2.75) is 39.2 Å². The highest BCUT2D eigenvalue weighted by atomic mass is 15.3. The molecule has 0 saturated carbocycles. The van der Waals surface area contributed by atoms with E-state index in [9.17, 15) is 0 Å². The van der Waals surface area contributed by atoms with Gasteiger partial charge in [-0.1, -0.05) is 25.5 Å². The second kappa shape index (κ2) is 7.92. The summed E-state index contributed by atoms with van der Waals surface area (Å²) >= 11 is 0. The Balaban J connectivity index is 1.67. The Hall–Kier alpha value is -2.67. The fourth-order valence-corrected chi connectivity index (χ4v) is 3.47. The first-order valence-corrected chi connectivity index (χ1v) is 9.80. The number of rotatable bonds is 6. The lowest BCUT2D eigenvalue weighted by Gasteiger charge is -2.34. The van der Waals surface area contributed by atoms with E-state index >= 15 is 0 Å². The van der Waals surface area contributed by atoms with Crippen molar-refractivity contribution in [1.82, 2.24) is 25.5 Å². The van der Waals surface area contributed by atoms with Crippen LogP contribution < -0.4 is 15.5 Å². The highest BCUT2D eigenvalue weighted by Crippen LogP contribution is 2.27. The first-order valence-electron chi connectivity index (χ1n) is 9.80. The number of hydrogen-bond donors (Lipinski definition) is 3. The third kappa shape index (κ3) is 3.88. The molecule has 0 unspecified atom stereocenters. The fourth-order valence-electron chi connectivity index (χ4n) is 3.47. The van der Waals surface area contributed by atoms with Crippen LogP contribution in [0.3, 0.4) is 0 Å². The van der Waals surface area contributed by atoms with E-state index < -0.39 is 0 Å². The third-order valence-corrected chi connectivity index (χ3v) is 5.03. The summed E-state index contributed by atoms with van der Waals surface area (Å²) in [4.78, 5) is 11.9. The average Bonchev–Trinajstić information content (AvgIpc) is 3.14. The maximum absolute atomic E-state index is 4.86. The summed E-state index contributed by atoms with van der Waals surface area (Å²) < 4.78 is 0. The van der Waals surface area contributed by atoms with Crippen molar-refractivity contribution in [2.24, 2.45) is 0 Å². The molecule has 7 nitrogen and oxygen atoms in total. The first-order chi connectivity index (χ1) is 13.2. The van der Waals surface area contributed by atoms with Crippen LogP contribution in [-0.4, -0.2) is 45.8 Å². The average molecular weight is 365 g/mol. The number of aryl methyl sites for hydroxylation is 1. The molecule has 2 aromatic heterocycles. The van der Waals surface area contributed by atoms with Gasteiger partial charge in [0.2, 0.25) is 5.95 Å². The number of piperazine rings is 1. The van der Waals surface area contributed by atoms with Gasteiger partial charge >= 0.3 is 0 Å². The van der Waals surface area contributed by atoms with Crippen LogP contribution in [0.5, 0.6) is 0 Å². The van der Waals surface area contributed by atoms with E-state index in [1.54, 1.807) is 0 Å². The summed E-state index contributed by atoms with van der Waals surface area (Å²) in [6.07, 6.45) is 3.34. The zero-order chi connectivity index (χ0) is 18.6. The van der Waals surface area contributed by atoms with Gasteiger partial charge in [-0.25, -0.2) is 4.98 Å². The van der Waals surface area contributed by atoms with Crippen LogP contribution in [0.4, 0.5) is 17.6 Å². The quantitative estimate of drug-likeness (QED) is 0.622. The van der Waals surface area contributed by atoms with Crippen molar-refractivity contribution in [3.05, 3.63) is 36.0 Å². The fraction of sp³-hybridized carbons (Fsp3) is 0.450. The van der Waals surface area contributed by atoms with E-state index in [-0.39, 0.29) is 0 Å². The van der Waals surface area contributed by atoms with Gasteiger partial charge in [0.1, 0.15) is 5.82 Å². The molecule has 0 bridgehead atoms. The second-order valence-electron chi connectivity index (χ2n) is 7.14. The number of H-pyrrole nitrogens is 1. The topological polar surface area (TPSA) is 81.8 Å². The maximum Gasteiger partial charge on any atom is 0.228 e. The lowest BCUT2D eigenvalue weighted by molar-refractivity contribution is 0.493. The number of benzene rings is 1. The zero-order valence-electron chi connectivity index (χ0n) is 16.0. The molecule has 1 aromatic carbocycles. The molecule has 3 N–H and O–H groups in total. The monoisotopic (exact) mass is 365 g/mol. The Labute approximate surface area is 159 Å². The Morgan fingerprint density at radius 2 is 2.15 bits per heavy atom. The minimum absolute atomic E-state index is 0.360. The van der Waals surface area contributed by atoms with Crippen molar-refractivity contribution >= 4 is 28.5 Å². The lowest BCUT2D eigenvalue weighted by atomic mass is 10.2. The van der Waals surface area contributed by atoms with Crippen LogP contribution in [0.15, 0.2) is 30.3 Å². The second-order valence-corrected chi connectivity index (χ2v) is 7.14. The van der Waals surface area contributed by atoms with Gasteiger partial charge in [0.15, 0.2) is 5.82 Å². The van der Waals surface area contributed by atoms with E-state index in [0.29, 0.717) is 6.04 Å². The number of anilines is 3. The van der Waals surface area contributed by atoms with Gasteiger partial charge in [-0.05, 0) is 31.9 Å². The molecule has 3 aromatic rings. The van der Waals surface area contributed by atoms with Crippen molar-refractivity contribution in [3.63, 3.8) is 0 Å². The van der Waals surface area contributed by atoms with Crippen LogP contribution in [0.1, 0.15) is 32.4 Å². The molecule has 4 rings (SSSR count). The summed E-state index contributed by atoms with van der Waals surface area (Å²) in [6.45, 7) is 7.19. The third-order valence-electron chi connectivity index (χ3n) is 5.03. The van der Waals surface area contributed by atoms with E-state index in [0.717, 1.165) is 66.7 Å². The predicted octanol–water partition coefficient (Wildman–Crippen LogP) is 3.24. The minimum atomic E-state index is 0.360. The molecular weight excluding hydrogens is 338 g/mol. The van der Waals surface area contributed by atoms with Gasteiger partial charge in [0.05, 0.1) is 5.52 Å². The highest BCUT2D eigenvalue weighted by Gasteiger charge is 2.22. The molecule has 3 heterocycles. The number of para-hydroxylation sites is 1. The molecule has 1 saturated heterocycles. The van der Waals surface area contributed by atoms with Gasteiger partial charge in [-0.3, -0.25) is 5.10 Å². The Morgan fingerprint density at radius 1 is 1.26 bits per heavy atom. The molecule has 1 aliphatic heterocycles. The largest absolute Gasteiger partial charge is 0.335 e. The molecule has 7 heteroatoms. The lowest BCUT2D eigenvalue weighted by Crippen LogP contribution is -2.50. The molecule has 0 radical (unpaired) electrons. The van der Waals surface area contributed by atoms with Crippen molar-refractivity contribution in [3.8, 4) is 0 Å². The summed E-state index contributed by atoms with van der Waals surface area (Å²) in [5.74, 6) is 2.37. The summed E-state index contributed by atoms with van der Waals surface area (Å²) in [6, 6.07) is 10.5. The highest BCUT2D eigenvalue weighted by molar-refractivity contribution is 5.91. The number of aromatic nitrogens is 4.